The van der Waals surface area contributed by atoms with Crippen molar-refractivity contribution in [1.82, 2.24) is 9.71 Å². The van der Waals surface area contributed by atoms with E-state index in [9.17, 15) is 8.42 Å². The maximum atomic E-state index is 12.3. The standard InChI is InChI=1S/C13H16ClN3O2S/c1-8-6-10-4-3-5-11(12(10)17-13(8)14)20(18,19)16-7-9(2)15/h3-6,9,16H,7,15H2,1-2H3. The first-order chi connectivity index (χ1) is 9.31. The first kappa shape index (κ1) is 15.2. The summed E-state index contributed by atoms with van der Waals surface area (Å²) in [6.07, 6.45) is 0. The number of nitrogens with zero attached hydrogens (tertiary/aromatic N) is 1. The smallest absolute Gasteiger partial charge is 0.242 e. The molecule has 1 unspecified atom stereocenters. The van der Waals surface area contributed by atoms with E-state index in [4.69, 9.17) is 17.3 Å². The van der Waals surface area contributed by atoms with Gasteiger partial charge in [0.25, 0.3) is 0 Å². The molecule has 1 aromatic heterocycles. The molecule has 0 aliphatic carbocycles. The highest BCUT2D eigenvalue weighted by Gasteiger charge is 2.19. The summed E-state index contributed by atoms with van der Waals surface area (Å²) in [7, 11) is -3.66. The number of aromatic nitrogens is 1. The Labute approximate surface area is 123 Å². The summed E-state index contributed by atoms with van der Waals surface area (Å²) in [6.45, 7) is 3.71. The first-order valence-corrected chi connectivity index (χ1v) is 7.98. The van der Waals surface area contributed by atoms with Gasteiger partial charge < -0.3 is 5.73 Å². The predicted molar refractivity (Wildman–Crippen MR) is 80.3 cm³/mol. The lowest BCUT2D eigenvalue weighted by molar-refractivity contribution is 0.574. The molecule has 0 spiro atoms. The van der Waals surface area contributed by atoms with E-state index in [2.05, 4.69) is 9.71 Å². The van der Waals surface area contributed by atoms with E-state index < -0.39 is 10.0 Å². The number of aryl methyl sites for hydroxylation is 1. The van der Waals surface area contributed by atoms with E-state index in [1.165, 1.54) is 6.07 Å². The second-order valence-electron chi connectivity index (χ2n) is 4.75. The molecule has 0 saturated heterocycles. The Bertz CT molecular complexity index is 745. The Morgan fingerprint density at radius 3 is 2.80 bits per heavy atom. The molecule has 2 rings (SSSR count). The molecule has 0 fully saturated rings. The second-order valence-corrected chi connectivity index (χ2v) is 6.85. The van der Waals surface area contributed by atoms with Crippen LogP contribution < -0.4 is 10.5 Å². The Morgan fingerprint density at radius 1 is 1.45 bits per heavy atom. The van der Waals surface area contributed by atoms with Gasteiger partial charge in [0, 0.05) is 18.0 Å². The molecule has 0 bridgehead atoms. The number of nitrogens with one attached hydrogen (secondary N) is 1. The summed E-state index contributed by atoms with van der Waals surface area (Å²) in [6, 6.07) is 6.53. The molecule has 1 heterocycles. The minimum absolute atomic E-state index is 0.109. The van der Waals surface area contributed by atoms with E-state index >= 15 is 0 Å². The SMILES string of the molecule is Cc1cc2cccc(S(=O)(=O)NCC(C)N)c2nc1Cl. The zero-order valence-corrected chi connectivity index (χ0v) is 12.8. The number of fused-ring (bicyclic) bond motifs is 1. The molecule has 0 saturated carbocycles. The molecule has 0 aliphatic heterocycles. The Morgan fingerprint density at radius 2 is 2.15 bits per heavy atom. The van der Waals surface area contributed by atoms with Crippen LogP contribution in [-0.4, -0.2) is 26.0 Å². The van der Waals surface area contributed by atoms with Crippen LogP contribution in [-0.2, 0) is 10.0 Å². The number of sulfonamides is 1. The van der Waals surface area contributed by atoms with Crippen molar-refractivity contribution in [3.8, 4) is 0 Å². The average molecular weight is 314 g/mol. The van der Waals surface area contributed by atoms with Crippen molar-refractivity contribution in [1.29, 1.82) is 0 Å². The summed E-state index contributed by atoms with van der Waals surface area (Å²) >= 11 is 5.99. The van der Waals surface area contributed by atoms with Gasteiger partial charge in [-0.15, -0.1) is 0 Å². The van der Waals surface area contributed by atoms with Crippen molar-refractivity contribution < 1.29 is 8.42 Å². The van der Waals surface area contributed by atoms with Gasteiger partial charge in [-0.1, -0.05) is 23.7 Å². The number of hydrogen-bond donors (Lipinski definition) is 2. The monoisotopic (exact) mass is 313 g/mol. The van der Waals surface area contributed by atoms with Gasteiger partial charge in [-0.25, -0.2) is 18.1 Å². The molecule has 3 N–H and O–H groups in total. The van der Waals surface area contributed by atoms with Crippen LogP contribution in [0, 0.1) is 6.92 Å². The number of halogens is 1. The fourth-order valence-corrected chi connectivity index (χ4v) is 3.24. The molecule has 7 heteroatoms. The maximum absolute atomic E-state index is 12.3. The predicted octanol–water partition coefficient (Wildman–Crippen LogP) is 1.82. The molecule has 5 nitrogen and oxygen atoms in total. The van der Waals surface area contributed by atoms with Gasteiger partial charge in [-0.3, -0.25) is 0 Å². The van der Waals surface area contributed by atoms with Crippen LogP contribution in [0.15, 0.2) is 29.2 Å². The number of nitrogens with two attached hydrogens (primary N) is 1. The highest BCUT2D eigenvalue weighted by atomic mass is 35.5. The van der Waals surface area contributed by atoms with Gasteiger partial charge in [0.2, 0.25) is 10.0 Å². The number of rotatable bonds is 4. The number of para-hydroxylation sites is 1. The summed E-state index contributed by atoms with van der Waals surface area (Å²) in [4.78, 5) is 4.29. The zero-order valence-electron chi connectivity index (χ0n) is 11.2. The van der Waals surface area contributed by atoms with Crippen LogP contribution in [0.3, 0.4) is 0 Å². The fraction of sp³-hybridized carbons (Fsp3) is 0.308. The van der Waals surface area contributed by atoms with Gasteiger partial charge in [-0.2, -0.15) is 0 Å². The number of hydrogen-bond acceptors (Lipinski definition) is 4. The molecule has 1 atom stereocenters. The highest BCUT2D eigenvalue weighted by Crippen LogP contribution is 2.25. The van der Waals surface area contributed by atoms with Crippen molar-refractivity contribution in [2.24, 2.45) is 5.73 Å². The van der Waals surface area contributed by atoms with Crippen LogP contribution in [0.25, 0.3) is 10.9 Å². The average Bonchev–Trinajstić information content (AvgIpc) is 2.37. The minimum Gasteiger partial charge on any atom is -0.327 e. The summed E-state index contributed by atoms with van der Waals surface area (Å²) in [5.74, 6) is 0. The third kappa shape index (κ3) is 3.09. The third-order valence-electron chi connectivity index (χ3n) is 2.82. The van der Waals surface area contributed by atoms with Crippen molar-refractivity contribution in [3.63, 3.8) is 0 Å². The normalized spacial score (nSPS) is 13.6. The van der Waals surface area contributed by atoms with E-state index in [1.807, 2.05) is 13.0 Å². The number of benzene rings is 1. The van der Waals surface area contributed by atoms with Crippen molar-refractivity contribution in [3.05, 3.63) is 35.0 Å². The molecular weight excluding hydrogens is 298 g/mol. The number of pyridine rings is 1. The van der Waals surface area contributed by atoms with Crippen LogP contribution >= 0.6 is 11.6 Å². The van der Waals surface area contributed by atoms with Gasteiger partial charge in [0.05, 0.1) is 5.52 Å². The Kier molecular flexibility index (Phi) is 4.29. The van der Waals surface area contributed by atoms with Crippen LogP contribution in [0.5, 0.6) is 0 Å². The minimum atomic E-state index is -3.66. The first-order valence-electron chi connectivity index (χ1n) is 6.12. The van der Waals surface area contributed by atoms with Crippen molar-refractivity contribution in [2.75, 3.05) is 6.54 Å². The Balaban J connectivity index is 2.57. The van der Waals surface area contributed by atoms with Gasteiger partial charge >= 0.3 is 0 Å². The van der Waals surface area contributed by atoms with E-state index in [1.54, 1.807) is 19.1 Å². The third-order valence-corrected chi connectivity index (χ3v) is 4.66. The molecule has 20 heavy (non-hydrogen) atoms. The molecule has 0 amide bonds. The largest absolute Gasteiger partial charge is 0.327 e. The van der Waals surface area contributed by atoms with E-state index in [0.29, 0.717) is 10.7 Å². The zero-order chi connectivity index (χ0) is 14.9. The molecule has 108 valence electrons. The van der Waals surface area contributed by atoms with Crippen molar-refractivity contribution in [2.45, 2.75) is 24.8 Å². The van der Waals surface area contributed by atoms with Gasteiger partial charge in [0.15, 0.2) is 0 Å². The Hall–Kier alpha value is -1.21. The highest BCUT2D eigenvalue weighted by molar-refractivity contribution is 7.89. The lowest BCUT2D eigenvalue weighted by Gasteiger charge is -2.11. The summed E-state index contributed by atoms with van der Waals surface area (Å²) < 4.78 is 27.1. The fourth-order valence-electron chi connectivity index (χ4n) is 1.79. The van der Waals surface area contributed by atoms with E-state index in [0.717, 1.165) is 10.9 Å². The quantitative estimate of drug-likeness (QED) is 0.843. The topological polar surface area (TPSA) is 85.1 Å². The molecular formula is C13H16ClN3O2S. The van der Waals surface area contributed by atoms with Crippen LogP contribution in [0.4, 0.5) is 0 Å². The second kappa shape index (κ2) is 5.65. The van der Waals surface area contributed by atoms with Crippen LogP contribution in [0.2, 0.25) is 5.15 Å². The molecule has 0 aliphatic rings. The lowest BCUT2D eigenvalue weighted by Crippen LogP contribution is -2.35. The van der Waals surface area contributed by atoms with E-state index in [-0.39, 0.29) is 17.5 Å². The van der Waals surface area contributed by atoms with Crippen molar-refractivity contribution >= 4 is 32.5 Å². The van der Waals surface area contributed by atoms with Crippen LogP contribution in [0.1, 0.15) is 12.5 Å². The van der Waals surface area contributed by atoms with Gasteiger partial charge in [0.1, 0.15) is 10.0 Å². The molecule has 2 aromatic rings. The summed E-state index contributed by atoms with van der Waals surface area (Å²) in [5.41, 5.74) is 6.73. The lowest BCUT2D eigenvalue weighted by atomic mass is 10.2. The molecule has 0 radical (unpaired) electrons. The summed E-state index contributed by atoms with van der Waals surface area (Å²) in [5, 5.41) is 1.03. The molecule has 1 aromatic carbocycles. The van der Waals surface area contributed by atoms with Gasteiger partial charge in [-0.05, 0) is 31.5 Å². The maximum Gasteiger partial charge on any atom is 0.242 e.